The number of urea groups is 1. The van der Waals surface area contributed by atoms with Crippen LogP contribution in [0.25, 0.3) is 5.82 Å². The van der Waals surface area contributed by atoms with Crippen molar-refractivity contribution >= 4 is 17.4 Å². The number of benzene rings is 1. The number of pyridine rings is 1. The van der Waals surface area contributed by atoms with E-state index in [0.29, 0.717) is 5.69 Å². The number of carbonyl (C=O) groups is 1. The number of aryl methyl sites for hydroxylation is 2. The molecule has 0 bridgehead atoms. The Kier molecular flexibility index (Phi) is 4.05. The van der Waals surface area contributed by atoms with E-state index in [2.05, 4.69) is 20.6 Å². The topological polar surface area (TPSA) is 71.8 Å². The van der Waals surface area contributed by atoms with Gasteiger partial charge in [-0.2, -0.15) is 0 Å². The van der Waals surface area contributed by atoms with E-state index in [9.17, 15) is 4.79 Å². The highest BCUT2D eigenvalue weighted by atomic mass is 16.2. The van der Waals surface area contributed by atoms with Crippen LogP contribution in [0, 0.1) is 13.8 Å². The highest BCUT2D eigenvalue weighted by molar-refractivity contribution is 5.99. The van der Waals surface area contributed by atoms with Crippen molar-refractivity contribution in [2.45, 2.75) is 13.8 Å². The lowest BCUT2D eigenvalue weighted by Gasteiger charge is -2.09. The number of nitrogens with zero attached hydrogens (tertiary/aromatic N) is 3. The number of nitrogens with one attached hydrogen (secondary N) is 2. The van der Waals surface area contributed by atoms with E-state index in [1.54, 1.807) is 29.4 Å². The maximum Gasteiger partial charge on any atom is 0.323 e. The molecule has 0 atom stereocenters. The van der Waals surface area contributed by atoms with Crippen molar-refractivity contribution in [3.8, 4) is 5.82 Å². The second-order valence-corrected chi connectivity index (χ2v) is 5.25. The zero-order chi connectivity index (χ0) is 16.2. The summed E-state index contributed by atoms with van der Waals surface area (Å²) in [4.78, 5) is 20.3. The van der Waals surface area contributed by atoms with E-state index in [1.807, 2.05) is 44.3 Å². The summed E-state index contributed by atoms with van der Waals surface area (Å²) in [5, 5.41) is 5.57. The predicted molar refractivity (Wildman–Crippen MR) is 89.9 cm³/mol. The Labute approximate surface area is 134 Å². The van der Waals surface area contributed by atoms with Gasteiger partial charge < -0.3 is 10.6 Å². The minimum Gasteiger partial charge on any atom is -0.308 e. The third-order valence-electron chi connectivity index (χ3n) is 3.54. The Morgan fingerprint density at radius 2 is 1.83 bits per heavy atom. The van der Waals surface area contributed by atoms with Crippen LogP contribution in [0.3, 0.4) is 0 Å². The van der Waals surface area contributed by atoms with Crippen LogP contribution in [0.15, 0.2) is 55.2 Å². The van der Waals surface area contributed by atoms with Gasteiger partial charge in [-0.25, -0.2) is 14.8 Å². The van der Waals surface area contributed by atoms with Crippen LogP contribution in [0.1, 0.15) is 11.1 Å². The van der Waals surface area contributed by atoms with Gasteiger partial charge >= 0.3 is 6.03 Å². The van der Waals surface area contributed by atoms with Crippen molar-refractivity contribution < 1.29 is 4.79 Å². The predicted octanol–water partition coefficient (Wildman–Crippen LogP) is 3.53. The zero-order valence-electron chi connectivity index (χ0n) is 12.9. The fourth-order valence-electron chi connectivity index (χ4n) is 2.12. The SMILES string of the molecule is Cc1ccc(NC(=O)Nc2ccc(-n3ccnc3)nc2)cc1C. The molecule has 0 saturated carbocycles. The summed E-state index contributed by atoms with van der Waals surface area (Å²) < 4.78 is 1.79. The average molecular weight is 307 g/mol. The molecule has 0 aliphatic rings. The van der Waals surface area contributed by atoms with Crippen molar-refractivity contribution in [2.75, 3.05) is 10.6 Å². The first-order valence-corrected chi connectivity index (χ1v) is 7.21. The molecular formula is C17H17N5O. The van der Waals surface area contributed by atoms with Crippen molar-refractivity contribution in [3.63, 3.8) is 0 Å². The van der Waals surface area contributed by atoms with Crippen LogP contribution in [0.4, 0.5) is 16.2 Å². The van der Waals surface area contributed by atoms with E-state index in [0.717, 1.165) is 17.1 Å². The second kappa shape index (κ2) is 6.31. The number of rotatable bonds is 3. The molecule has 116 valence electrons. The summed E-state index contributed by atoms with van der Waals surface area (Å²) in [5.41, 5.74) is 3.70. The number of carbonyl (C=O) groups excluding carboxylic acids is 1. The molecule has 0 aliphatic carbocycles. The largest absolute Gasteiger partial charge is 0.323 e. The minimum atomic E-state index is -0.301. The van der Waals surface area contributed by atoms with Crippen LogP contribution >= 0.6 is 0 Å². The van der Waals surface area contributed by atoms with Gasteiger partial charge in [0.2, 0.25) is 0 Å². The molecule has 1 aromatic carbocycles. The number of aromatic nitrogens is 3. The molecule has 0 aliphatic heterocycles. The fourth-order valence-corrected chi connectivity index (χ4v) is 2.12. The lowest BCUT2D eigenvalue weighted by atomic mass is 10.1. The van der Waals surface area contributed by atoms with Gasteiger partial charge in [0, 0.05) is 18.1 Å². The van der Waals surface area contributed by atoms with Crippen LogP contribution < -0.4 is 10.6 Å². The third kappa shape index (κ3) is 3.55. The number of amides is 2. The zero-order valence-corrected chi connectivity index (χ0v) is 12.9. The van der Waals surface area contributed by atoms with Crippen LogP contribution in [-0.2, 0) is 0 Å². The number of anilines is 2. The second-order valence-electron chi connectivity index (χ2n) is 5.25. The molecule has 2 aromatic heterocycles. The minimum absolute atomic E-state index is 0.301. The van der Waals surface area contributed by atoms with Crippen molar-refractivity contribution in [2.24, 2.45) is 0 Å². The van der Waals surface area contributed by atoms with Crippen molar-refractivity contribution in [1.82, 2.24) is 14.5 Å². The molecule has 6 nitrogen and oxygen atoms in total. The van der Waals surface area contributed by atoms with E-state index in [1.165, 1.54) is 5.56 Å². The highest BCUT2D eigenvalue weighted by Crippen LogP contribution is 2.15. The Hall–Kier alpha value is -3.15. The van der Waals surface area contributed by atoms with Gasteiger partial charge in [-0.15, -0.1) is 0 Å². The molecule has 0 unspecified atom stereocenters. The fraction of sp³-hybridized carbons (Fsp3) is 0.118. The van der Waals surface area contributed by atoms with Gasteiger partial charge in [0.15, 0.2) is 0 Å². The first kappa shape index (κ1) is 14.8. The summed E-state index contributed by atoms with van der Waals surface area (Å²) in [6, 6.07) is 9.10. The van der Waals surface area contributed by atoms with Crippen LogP contribution in [-0.4, -0.2) is 20.6 Å². The number of hydrogen-bond acceptors (Lipinski definition) is 3. The Bertz CT molecular complexity index is 810. The molecule has 0 saturated heterocycles. The molecule has 3 aromatic rings. The molecule has 0 fully saturated rings. The summed E-state index contributed by atoms with van der Waals surface area (Å²) in [7, 11) is 0. The molecule has 23 heavy (non-hydrogen) atoms. The summed E-state index contributed by atoms with van der Waals surface area (Å²) >= 11 is 0. The third-order valence-corrected chi connectivity index (χ3v) is 3.54. The van der Waals surface area contributed by atoms with Gasteiger partial charge in [0.25, 0.3) is 0 Å². The molecule has 0 spiro atoms. The summed E-state index contributed by atoms with van der Waals surface area (Å²) in [5.74, 6) is 0.739. The van der Waals surface area contributed by atoms with Gasteiger partial charge in [0.05, 0.1) is 11.9 Å². The van der Waals surface area contributed by atoms with Crippen LogP contribution in [0.2, 0.25) is 0 Å². The molecular weight excluding hydrogens is 290 g/mol. The lowest BCUT2D eigenvalue weighted by Crippen LogP contribution is -2.19. The number of hydrogen-bond donors (Lipinski definition) is 2. The maximum absolute atomic E-state index is 12.0. The Morgan fingerprint density at radius 1 is 1.04 bits per heavy atom. The molecule has 6 heteroatoms. The highest BCUT2D eigenvalue weighted by Gasteiger charge is 2.05. The first-order chi connectivity index (χ1) is 11.1. The molecule has 0 radical (unpaired) electrons. The maximum atomic E-state index is 12.0. The summed E-state index contributed by atoms with van der Waals surface area (Å²) in [6.07, 6.45) is 6.77. The van der Waals surface area contributed by atoms with E-state index in [-0.39, 0.29) is 6.03 Å². The number of imidazole rings is 1. The first-order valence-electron chi connectivity index (χ1n) is 7.21. The average Bonchev–Trinajstić information content (AvgIpc) is 3.06. The van der Waals surface area contributed by atoms with Crippen molar-refractivity contribution in [1.29, 1.82) is 0 Å². The van der Waals surface area contributed by atoms with E-state index < -0.39 is 0 Å². The molecule has 2 amide bonds. The smallest absolute Gasteiger partial charge is 0.308 e. The Morgan fingerprint density at radius 3 is 2.48 bits per heavy atom. The van der Waals surface area contributed by atoms with Crippen LogP contribution in [0.5, 0.6) is 0 Å². The molecule has 2 heterocycles. The quantitative estimate of drug-likeness (QED) is 0.777. The normalized spacial score (nSPS) is 10.3. The monoisotopic (exact) mass is 307 g/mol. The molecule has 3 rings (SSSR count). The van der Waals surface area contributed by atoms with E-state index >= 15 is 0 Å². The van der Waals surface area contributed by atoms with Gasteiger partial charge in [-0.3, -0.25) is 4.57 Å². The Balaban J connectivity index is 1.64. The summed E-state index contributed by atoms with van der Waals surface area (Å²) in [6.45, 7) is 4.05. The van der Waals surface area contributed by atoms with Gasteiger partial charge in [-0.05, 0) is 49.2 Å². The standard InChI is InChI=1S/C17H17N5O/c1-12-3-4-14(9-13(12)2)20-17(23)21-15-5-6-16(19-10-15)22-8-7-18-11-22/h3-11H,1-2H3,(H2,20,21,23). The molecule has 2 N–H and O–H groups in total. The van der Waals surface area contributed by atoms with Gasteiger partial charge in [0.1, 0.15) is 12.1 Å². The van der Waals surface area contributed by atoms with Gasteiger partial charge in [-0.1, -0.05) is 6.07 Å². The van der Waals surface area contributed by atoms with Crippen molar-refractivity contribution in [3.05, 3.63) is 66.4 Å². The lowest BCUT2D eigenvalue weighted by molar-refractivity contribution is 0.262. The van der Waals surface area contributed by atoms with E-state index in [4.69, 9.17) is 0 Å².